The lowest BCUT2D eigenvalue weighted by Gasteiger charge is -2.14. The third kappa shape index (κ3) is 3.60. The molecule has 72 valence electrons. The van der Waals surface area contributed by atoms with Gasteiger partial charge in [0.05, 0.1) is 0 Å². The van der Waals surface area contributed by atoms with E-state index in [1.54, 1.807) is 0 Å². The number of aryl methyl sites for hydroxylation is 1. The Morgan fingerprint density at radius 2 is 1.77 bits per heavy atom. The first-order valence-electron chi connectivity index (χ1n) is 4.99. The summed E-state index contributed by atoms with van der Waals surface area (Å²) in [5, 5.41) is 0. The zero-order valence-corrected chi connectivity index (χ0v) is 8.53. The standard InChI is InChI=1S/C12H19N/c1-10(2)12(13)9-8-11-6-4-3-5-7-11/h3-7,10,12H,8-9,13H2,1-2H3. The zero-order valence-electron chi connectivity index (χ0n) is 8.53. The van der Waals surface area contributed by atoms with Gasteiger partial charge < -0.3 is 5.73 Å². The van der Waals surface area contributed by atoms with Gasteiger partial charge in [0.1, 0.15) is 0 Å². The molecule has 0 saturated carbocycles. The molecular weight excluding hydrogens is 158 g/mol. The number of hydrogen-bond acceptors (Lipinski definition) is 1. The molecule has 0 aromatic heterocycles. The molecule has 0 bridgehead atoms. The van der Waals surface area contributed by atoms with Gasteiger partial charge in [0, 0.05) is 6.04 Å². The third-order valence-corrected chi connectivity index (χ3v) is 2.47. The minimum Gasteiger partial charge on any atom is -0.327 e. The van der Waals surface area contributed by atoms with Crippen LogP contribution in [0.4, 0.5) is 0 Å². The molecule has 0 aliphatic heterocycles. The fourth-order valence-electron chi connectivity index (χ4n) is 1.31. The van der Waals surface area contributed by atoms with Gasteiger partial charge in [0.2, 0.25) is 0 Å². The molecule has 0 fully saturated rings. The predicted molar refractivity (Wildman–Crippen MR) is 57.6 cm³/mol. The van der Waals surface area contributed by atoms with Gasteiger partial charge in [-0.15, -0.1) is 0 Å². The number of benzene rings is 1. The number of rotatable bonds is 4. The molecular formula is C12H19N. The van der Waals surface area contributed by atoms with Gasteiger partial charge in [-0.1, -0.05) is 44.2 Å². The van der Waals surface area contributed by atoms with Crippen molar-refractivity contribution in [1.82, 2.24) is 0 Å². The summed E-state index contributed by atoms with van der Waals surface area (Å²) in [6.45, 7) is 4.35. The zero-order chi connectivity index (χ0) is 9.68. The van der Waals surface area contributed by atoms with E-state index in [1.165, 1.54) is 5.56 Å². The van der Waals surface area contributed by atoms with E-state index in [-0.39, 0.29) is 0 Å². The average molecular weight is 177 g/mol. The smallest absolute Gasteiger partial charge is 0.00650 e. The van der Waals surface area contributed by atoms with E-state index >= 15 is 0 Å². The quantitative estimate of drug-likeness (QED) is 0.751. The summed E-state index contributed by atoms with van der Waals surface area (Å²) in [5.41, 5.74) is 7.35. The van der Waals surface area contributed by atoms with Crippen molar-refractivity contribution in [2.24, 2.45) is 11.7 Å². The lowest BCUT2D eigenvalue weighted by atomic mass is 9.98. The third-order valence-electron chi connectivity index (χ3n) is 2.47. The summed E-state index contributed by atoms with van der Waals surface area (Å²) in [6, 6.07) is 10.9. The lowest BCUT2D eigenvalue weighted by Crippen LogP contribution is -2.26. The molecule has 0 aliphatic rings. The van der Waals surface area contributed by atoms with Crippen molar-refractivity contribution in [2.45, 2.75) is 32.7 Å². The number of hydrogen-bond donors (Lipinski definition) is 1. The predicted octanol–water partition coefficient (Wildman–Crippen LogP) is 2.60. The molecule has 0 radical (unpaired) electrons. The fraction of sp³-hybridized carbons (Fsp3) is 0.500. The Hall–Kier alpha value is -0.820. The molecule has 1 unspecified atom stereocenters. The van der Waals surface area contributed by atoms with Gasteiger partial charge in [-0.05, 0) is 24.3 Å². The van der Waals surface area contributed by atoms with Crippen molar-refractivity contribution >= 4 is 0 Å². The maximum atomic E-state index is 5.96. The van der Waals surface area contributed by atoms with Gasteiger partial charge in [-0.3, -0.25) is 0 Å². The SMILES string of the molecule is CC(C)C(N)CCc1ccccc1. The van der Waals surface area contributed by atoms with E-state index in [1.807, 2.05) is 6.07 Å². The van der Waals surface area contributed by atoms with Crippen molar-refractivity contribution in [3.05, 3.63) is 35.9 Å². The van der Waals surface area contributed by atoms with Crippen LogP contribution in [0.5, 0.6) is 0 Å². The normalized spacial score (nSPS) is 13.2. The molecule has 0 spiro atoms. The Bertz CT molecular complexity index is 228. The van der Waals surface area contributed by atoms with Crippen molar-refractivity contribution in [2.75, 3.05) is 0 Å². The Kier molecular flexibility index (Phi) is 3.97. The van der Waals surface area contributed by atoms with Gasteiger partial charge in [-0.25, -0.2) is 0 Å². The van der Waals surface area contributed by atoms with E-state index in [2.05, 4.69) is 38.1 Å². The topological polar surface area (TPSA) is 26.0 Å². The maximum Gasteiger partial charge on any atom is 0.00650 e. The maximum absolute atomic E-state index is 5.96. The highest BCUT2D eigenvalue weighted by atomic mass is 14.6. The second-order valence-corrected chi connectivity index (χ2v) is 3.93. The highest BCUT2D eigenvalue weighted by Gasteiger charge is 2.06. The summed E-state index contributed by atoms with van der Waals surface area (Å²) in [6.07, 6.45) is 2.18. The Morgan fingerprint density at radius 3 is 2.31 bits per heavy atom. The molecule has 1 nitrogen and oxygen atoms in total. The van der Waals surface area contributed by atoms with Crippen molar-refractivity contribution < 1.29 is 0 Å². The average Bonchev–Trinajstić information content (AvgIpc) is 2.15. The van der Waals surface area contributed by atoms with Gasteiger partial charge in [-0.2, -0.15) is 0 Å². The molecule has 0 amide bonds. The van der Waals surface area contributed by atoms with Crippen LogP contribution in [-0.4, -0.2) is 6.04 Å². The Morgan fingerprint density at radius 1 is 1.15 bits per heavy atom. The lowest BCUT2D eigenvalue weighted by molar-refractivity contribution is 0.464. The number of nitrogens with two attached hydrogens (primary N) is 1. The molecule has 0 heterocycles. The second kappa shape index (κ2) is 5.03. The molecule has 0 aliphatic carbocycles. The largest absolute Gasteiger partial charge is 0.327 e. The van der Waals surface area contributed by atoms with E-state index in [4.69, 9.17) is 5.73 Å². The van der Waals surface area contributed by atoms with Gasteiger partial charge >= 0.3 is 0 Å². The van der Waals surface area contributed by atoms with Gasteiger partial charge in [0.15, 0.2) is 0 Å². The molecule has 1 aromatic carbocycles. The first-order chi connectivity index (χ1) is 6.20. The van der Waals surface area contributed by atoms with E-state index < -0.39 is 0 Å². The van der Waals surface area contributed by atoms with Crippen molar-refractivity contribution in [3.8, 4) is 0 Å². The molecule has 1 rings (SSSR count). The summed E-state index contributed by atoms with van der Waals surface area (Å²) >= 11 is 0. The molecule has 1 aromatic rings. The van der Waals surface area contributed by atoms with Crippen LogP contribution < -0.4 is 5.73 Å². The molecule has 0 saturated heterocycles. The van der Waals surface area contributed by atoms with Crippen LogP contribution in [0.25, 0.3) is 0 Å². The van der Waals surface area contributed by atoms with Crippen molar-refractivity contribution in [3.63, 3.8) is 0 Å². The van der Waals surface area contributed by atoms with E-state index in [9.17, 15) is 0 Å². The Labute approximate surface area is 81.0 Å². The molecule has 13 heavy (non-hydrogen) atoms. The van der Waals surface area contributed by atoms with Gasteiger partial charge in [0.25, 0.3) is 0 Å². The van der Waals surface area contributed by atoms with E-state index in [0.29, 0.717) is 12.0 Å². The minimum absolute atomic E-state index is 0.334. The van der Waals surface area contributed by atoms with Crippen LogP contribution in [0.2, 0.25) is 0 Å². The Balaban J connectivity index is 2.35. The second-order valence-electron chi connectivity index (χ2n) is 3.93. The fourth-order valence-corrected chi connectivity index (χ4v) is 1.31. The highest BCUT2D eigenvalue weighted by molar-refractivity contribution is 5.14. The van der Waals surface area contributed by atoms with Crippen LogP contribution >= 0.6 is 0 Å². The highest BCUT2D eigenvalue weighted by Crippen LogP contribution is 2.08. The van der Waals surface area contributed by atoms with E-state index in [0.717, 1.165) is 12.8 Å². The van der Waals surface area contributed by atoms with Crippen LogP contribution in [0.1, 0.15) is 25.8 Å². The molecule has 1 atom stereocenters. The molecule has 2 N–H and O–H groups in total. The first kappa shape index (κ1) is 10.3. The van der Waals surface area contributed by atoms with Crippen LogP contribution in [0, 0.1) is 5.92 Å². The monoisotopic (exact) mass is 177 g/mol. The summed E-state index contributed by atoms with van der Waals surface area (Å²) in [4.78, 5) is 0. The molecule has 1 heteroatoms. The summed E-state index contributed by atoms with van der Waals surface area (Å²) < 4.78 is 0. The first-order valence-corrected chi connectivity index (χ1v) is 4.99. The minimum atomic E-state index is 0.334. The van der Waals surface area contributed by atoms with Crippen LogP contribution in [0.15, 0.2) is 30.3 Å². The van der Waals surface area contributed by atoms with Crippen LogP contribution in [-0.2, 0) is 6.42 Å². The van der Waals surface area contributed by atoms with Crippen molar-refractivity contribution in [1.29, 1.82) is 0 Å². The summed E-state index contributed by atoms with van der Waals surface area (Å²) in [5.74, 6) is 0.587. The van der Waals surface area contributed by atoms with Crippen LogP contribution in [0.3, 0.4) is 0 Å². The summed E-state index contributed by atoms with van der Waals surface area (Å²) in [7, 11) is 0.